The van der Waals surface area contributed by atoms with E-state index < -0.39 is 41.0 Å². The normalized spacial score (nSPS) is 11.5. The number of nitro groups is 1. The van der Waals surface area contributed by atoms with E-state index in [1.807, 2.05) is 0 Å². The number of anilines is 1. The summed E-state index contributed by atoms with van der Waals surface area (Å²) in [7, 11) is 0. The Morgan fingerprint density at radius 2 is 2.04 bits per heavy atom. The Hall–Kier alpha value is -2.98. The quantitative estimate of drug-likeness (QED) is 0.513. The summed E-state index contributed by atoms with van der Waals surface area (Å²) in [5.41, 5.74) is -0.756. The molecule has 1 aromatic carbocycles. The predicted molar refractivity (Wildman–Crippen MR) is 80.0 cm³/mol. The number of non-ortho nitro benzene ring substituents is 1. The van der Waals surface area contributed by atoms with Crippen molar-refractivity contribution in [3.8, 4) is 5.75 Å². The van der Waals surface area contributed by atoms with Crippen LogP contribution < -0.4 is 20.7 Å². The summed E-state index contributed by atoms with van der Waals surface area (Å²) >= 11 is 0. The summed E-state index contributed by atoms with van der Waals surface area (Å²) in [6.07, 6.45) is 0. The highest BCUT2D eigenvalue weighted by Crippen LogP contribution is 2.30. The topological polar surface area (TPSA) is 123 Å². The van der Waals surface area contributed by atoms with Crippen LogP contribution in [0.2, 0.25) is 0 Å². The lowest BCUT2D eigenvalue weighted by molar-refractivity contribution is -0.384. The van der Waals surface area contributed by atoms with Gasteiger partial charge in [0.25, 0.3) is 5.69 Å². The van der Waals surface area contributed by atoms with Crippen molar-refractivity contribution in [2.24, 2.45) is 0 Å². The number of halogens is 2. The van der Waals surface area contributed by atoms with E-state index >= 15 is 0 Å². The first-order valence-electron chi connectivity index (χ1n) is 6.83. The van der Waals surface area contributed by atoms with Crippen LogP contribution in [0.5, 0.6) is 5.75 Å². The minimum absolute atomic E-state index is 0.329. The molecular weight excluding hydrogens is 330 g/mol. The van der Waals surface area contributed by atoms with Crippen LogP contribution in [-0.4, -0.2) is 36.1 Å². The molecular formula is C13H16F2N4O5. The average Bonchev–Trinajstić information content (AvgIpc) is 2.48. The maximum Gasteiger partial charge on any atom is 0.387 e. The van der Waals surface area contributed by atoms with E-state index in [-0.39, 0.29) is 5.69 Å². The standard InChI is InChI=1S/C13H16F2N4O5/c1-3-16-11(20)7(2)17-13(21)18-9-6-8(19(22)23)4-5-10(9)24-12(14)15/h4-7,12H,3H2,1-2H3,(H,16,20)(H2,17,18,21)/t7-/m0/s1. The Bertz CT molecular complexity index is 626. The fraction of sp³-hybridized carbons (Fsp3) is 0.385. The molecule has 0 aromatic heterocycles. The van der Waals surface area contributed by atoms with Crippen LogP contribution in [0, 0.1) is 10.1 Å². The van der Waals surface area contributed by atoms with E-state index in [9.17, 15) is 28.5 Å². The molecule has 0 aliphatic rings. The van der Waals surface area contributed by atoms with Crippen LogP contribution in [0.25, 0.3) is 0 Å². The molecule has 9 nitrogen and oxygen atoms in total. The number of rotatable bonds is 7. The van der Waals surface area contributed by atoms with Gasteiger partial charge in [0.05, 0.1) is 10.6 Å². The first-order chi connectivity index (χ1) is 11.2. The van der Waals surface area contributed by atoms with Crippen LogP contribution in [0.4, 0.5) is 25.0 Å². The molecule has 1 atom stereocenters. The van der Waals surface area contributed by atoms with Crippen molar-refractivity contribution in [3.05, 3.63) is 28.3 Å². The fourth-order valence-corrected chi connectivity index (χ4v) is 1.68. The van der Waals surface area contributed by atoms with Gasteiger partial charge in [0.2, 0.25) is 5.91 Å². The van der Waals surface area contributed by atoms with Crippen LogP contribution in [0.1, 0.15) is 13.8 Å². The number of amides is 3. The van der Waals surface area contributed by atoms with Gasteiger partial charge < -0.3 is 20.7 Å². The number of nitro benzene ring substituents is 1. The van der Waals surface area contributed by atoms with Gasteiger partial charge in [0.15, 0.2) is 0 Å². The molecule has 0 fully saturated rings. The molecule has 0 unspecified atom stereocenters. The molecule has 0 saturated heterocycles. The van der Waals surface area contributed by atoms with E-state index in [1.165, 1.54) is 6.92 Å². The third-order valence-electron chi connectivity index (χ3n) is 2.73. The molecule has 1 aromatic rings. The molecule has 0 heterocycles. The number of benzene rings is 1. The van der Waals surface area contributed by atoms with Crippen LogP contribution in [0.3, 0.4) is 0 Å². The van der Waals surface area contributed by atoms with Crippen molar-refractivity contribution in [2.45, 2.75) is 26.5 Å². The molecule has 0 saturated carbocycles. The van der Waals surface area contributed by atoms with Crippen molar-refractivity contribution in [1.29, 1.82) is 0 Å². The predicted octanol–water partition coefficient (Wildman–Crippen LogP) is 1.84. The van der Waals surface area contributed by atoms with Gasteiger partial charge in [0.1, 0.15) is 11.8 Å². The number of alkyl halides is 2. The highest BCUT2D eigenvalue weighted by molar-refractivity contribution is 5.94. The Kier molecular flexibility index (Phi) is 6.83. The lowest BCUT2D eigenvalue weighted by Crippen LogP contribution is -2.46. The summed E-state index contributed by atoms with van der Waals surface area (Å²) < 4.78 is 28.9. The molecule has 11 heteroatoms. The summed E-state index contributed by atoms with van der Waals surface area (Å²) in [5, 5.41) is 17.6. The molecule has 132 valence electrons. The number of nitrogens with one attached hydrogen (secondary N) is 3. The highest BCUT2D eigenvalue weighted by Gasteiger charge is 2.19. The molecule has 0 spiro atoms. The van der Waals surface area contributed by atoms with Crippen molar-refractivity contribution in [1.82, 2.24) is 10.6 Å². The molecule has 0 bridgehead atoms. The maximum atomic E-state index is 12.4. The summed E-state index contributed by atoms with van der Waals surface area (Å²) in [6, 6.07) is 0.954. The molecule has 1 rings (SSSR count). The zero-order valence-electron chi connectivity index (χ0n) is 12.8. The lowest BCUT2D eigenvalue weighted by atomic mass is 10.2. The largest absolute Gasteiger partial charge is 0.433 e. The van der Waals surface area contributed by atoms with Gasteiger partial charge >= 0.3 is 12.6 Å². The molecule has 3 N–H and O–H groups in total. The number of hydrogen-bond acceptors (Lipinski definition) is 5. The molecule has 3 amide bonds. The minimum atomic E-state index is -3.18. The first kappa shape index (κ1) is 19.1. The Balaban J connectivity index is 2.90. The fourth-order valence-electron chi connectivity index (χ4n) is 1.68. The molecule has 0 radical (unpaired) electrons. The van der Waals surface area contributed by atoms with Gasteiger partial charge in [-0.3, -0.25) is 14.9 Å². The summed E-state index contributed by atoms with van der Waals surface area (Å²) in [5.74, 6) is -0.896. The van der Waals surface area contributed by atoms with Gasteiger partial charge in [-0.1, -0.05) is 0 Å². The van der Waals surface area contributed by atoms with Gasteiger partial charge in [-0.25, -0.2) is 4.79 Å². The number of nitrogens with zero attached hydrogens (tertiary/aromatic N) is 1. The monoisotopic (exact) mass is 346 g/mol. The Morgan fingerprint density at radius 1 is 1.38 bits per heavy atom. The van der Waals surface area contributed by atoms with Crippen molar-refractivity contribution in [2.75, 3.05) is 11.9 Å². The molecule has 0 aliphatic carbocycles. The number of likely N-dealkylation sites (N-methyl/N-ethyl adjacent to an activating group) is 1. The summed E-state index contributed by atoms with van der Waals surface area (Å²) in [6.45, 7) is 0.296. The number of urea groups is 1. The lowest BCUT2D eigenvalue weighted by Gasteiger charge is -2.15. The SMILES string of the molecule is CCNC(=O)[C@H](C)NC(=O)Nc1cc([N+](=O)[O-])ccc1OC(F)F. The van der Waals surface area contributed by atoms with E-state index in [4.69, 9.17) is 0 Å². The Labute approximate surface area is 135 Å². The van der Waals surface area contributed by atoms with E-state index in [0.717, 1.165) is 18.2 Å². The average molecular weight is 346 g/mol. The third-order valence-corrected chi connectivity index (χ3v) is 2.73. The second-order valence-corrected chi connectivity index (χ2v) is 4.53. The number of hydrogen-bond donors (Lipinski definition) is 3. The number of ether oxygens (including phenoxy) is 1. The Morgan fingerprint density at radius 3 is 2.58 bits per heavy atom. The van der Waals surface area contributed by atoms with Gasteiger partial charge in [-0.15, -0.1) is 0 Å². The second kappa shape index (κ2) is 8.60. The number of carbonyl (C=O) groups excluding carboxylic acids is 2. The van der Waals surface area contributed by atoms with Crippen LogP contribution in [0.15, 0.2) is 18.2 Å². The zero-order chi connectivity index (χ0) is 18.3. The van der Waals surface area contributed by atoms with Gasteiger partial charge in [-0.2, -0.15) is 8.78 Å². The summed E-state index contributed by atoms with van der Waals surface area (Å²) in [4.78, 5) is 33.3. The van der Waals surface area contributed by atoms with E-state index in [1.54, 1.807) is 6.92 Å². The first-order valence-corrected chi connectivity index (χ1v) is 6.83. The van der Waals surface area contributed by atoms with Crippen LogP contribution >= 0.6 is 0 Å². The van der Waals surface area contributed by atoms with Crippen molar-refractivity contribution < 1.29 is 28.0 Å². The second-order valence-electron chi connectivity index (χ2n) is 4.53. The smallest absolute Gasteiger partial charge is 0.387 e. The van der Waals surface area contributed by atoms with Crippen molar-refractivity contribution in [3.63, 3.8) is 0 Å². The molecule has 0 aliphatic heterocycles. The van der Waals surface area contributed by atoms with E-state index in [0.29, 0.717) is 6.54 Å². The zero-order valence-corrected chi connectivity index (χ0v) is 12.8. The van der Waals surface area contributed by atoms with Crippen molar-refractivity contribution >= 4 is 23.3 Å². The minimum Gasteiger partial charge on any atom is -0.433 e. The van der Waals surface area contributed by atoms with E-state index in [2.05, 4.69) is 20.7 Å². The number of carbonyl (C=O) groups is 2. The van der Waals surface area contributed by atoms with Gasteiger partial charge in [0, 0.05) is 18.7 Å². The van der Waals surface area contributed by atoms with Gasteiger partial charge in [-0.05, 0) is 19.9 Å². The van der Waals surface area contributed by atoms with Crippen LogP contribution in [-0.2, 0) is 4.79 Å². The molecule has 24 heavy (non-hydrogen) atoms. The highest BCUT2D eigenvalue weighted by atomic mass is 19.3. The third kappa shape index (κ3) is 5.66. The maximum absolute atomic E-state index is 12.4.